The molecule has 0 aliphatic carbocycles. The van der Waals surface area contributed by atoms with E-state index in [1.165, 1.54) is 24.6 Å². The third-order valence-electron chi connectivity index (χ3n) is 3.15. The van der Waals surface area contributed by atoms with Gasteiger partial charge >= 0.3 is 5.97 Å². The van der Waals surface area contributed by atoms with Gasteiger partial charge < -0.3 is 9.47 Å². The zero-order chi connectivity index (χ0) is 16.0. The highest BCUT2D eigenvalue weighted by molar-refractivity contribution is 7.89. The number of nitrogens with zero attached hydrogens (tertiary/aromatic N) is 1. The van der Waals surface area contributed by atoms with E-state index in [2.05, 4.69) is 4.74 Å². The number of methoxy groups -OCH3 is 2. The van der Waals surface area contributed by atoms with Crippen LogP contribution in [-0.2, 0) is 19.6 Å². The molecule has 0 saturated carbocycles. The minimum atomic E-state index is -3.63. The molecule has 0 radical (unpaired) electrons. The standard InChI is InChI=1S/C14H21NO5S/c1-5-15(9-8-14(16)20-4)21(17,18)12-6-7-13(19-3)11(2)10-12/h6-7,10H,5,8-9H2,1-4H3. The Hall–Kier alpha value is -1.60. The van der Waals surface area contributed by atoms with Gasteiger partial charge in [0.05, 0.1) is 25.5 Å². The van der Waals surface area contributed by atoms with Crippen molar-refractivity contribution in [3.05, 3.63) is 23.8 Å². The largest absolute Gasteiger partial charge is 0.496 e. The fourth-order valence-electron chi connectivity index (χ4n) is 1.93. The minimum absolute atomic E-state index is 0.0265. The number of ether oxygens (including phenoxy) is 2. The molecule has 0 unspecified atom stereocenters. The van der Waals surface area contributed by atoms with E-state index >= 15 is 0 Å². The van der Waals surface area contributed by atoms with E-state index < -0.39 is 16.0 Å². The number of carbonyl (C=O) groups excluding carboxylic acids is 1. The summed E-state index contributed by atoms with van der Waals surface area (Å²) in [6.07, 6.45) is 0.0265. The Bertz CT molecular complexity index is 597. The summed E-state index contributed by atoms with van der Waals surface area (Å²) in [6, 6.07) is 4.69. The van der Waals surface area contributed by atoms with Crippen LogP contribution < -0.4 is 4.74 Å². The lowest BCUT2D eigenvalue weighted by atomic mass is 10.2. The summed E-state index contributed by atoms with van der Waals surface area (Å²) in [4.78, 5) is 11.4. The van der Waals surface area contributed by atoms with Gasteiger partial charge in [0, 0.05) is 13.1 Å². The summed E-state index contributed by atoms with van der Waals surface area (Å²) >= 11 is 0. The van der Waals surface area contributed by atoms with Crippen molar-refractivity contribution in [2.45, 2.75) is 25.2 Å². The van der Waals surface area contributed by atoms with Crippen molar-refractivity contribution in [2.24, 2.45) is 0 Å². The normalized spacial score (nSPS) is 11.5. The Morgan fingerprint density at radius 2 is 1.95 bits per heavy atom. The fourth-order valence-corrected chi connectivity index (χ4v) is 3.46. The molecular formula is C14H21NO5S. The SMILES string of the molecule is CCN(CCC(=O)OC)S(=O)(=O)c1ccc(OC)c(C)c1. The first-order valence-corrected chi connectivity index (χ1v) is 8.02. The Balaban J connectivity index is 3.01. The van der Waals surface area contributed by atoms with Gasteiger partial charge in [-0.05, 0) is 30.7 Å². The van der Waals surface area contributed by atoms with E-state index in [-0.39, 0.29) is 24.4 Å². The molecule has 0 fully saturated rings. The predicted octanol–water partition coefficient (Wildman–Crippen LogP) is 1.58. The zero-order valence-electron chi connectivity index (χ0n) is 12.8. The van der Waals surface area contributed by atoms with Crippen molar-refractivity contribution < 1.29 is 22.7 Å². The van der Waals surface area contributed by atoms with Gasteiger partial charge in [0.15, 0.2) is 0 Å². The molecule has 1 aromatic rings. The Morgan fingerprint density at radius 1 is 1.29 bits per heavy atom. The van der Waals surface area contributed by atoms with E-state index in [1.54, 1.807) is 26.0 Å². The highest BCUT2D eigenvalue weighted by Gasteiger charge is 2.24. The van der Waals surface area contributed by atoms with Gasteiger partial charge in [-0.15, -0.1) is 0 Å². The van der Waals surface area contributed by atoms with Crippen molar-refractivity contribution in [3.63, 3.8) is 0 Å². The summed E-state index contributed by atoms with van der Waals surface area (Å²) < 4.78 is 36.0. The minimum Gasteiger partial charge on any atom is -0.496 e. The van der Waals surface area contributed by atoms with Gasteiger partial charge in [0.2, 0.25) is 10.0 Å². The van der Waals surface area contributed by atoms with Crippen molar-refractivity contribution in [3.8, 4) is 5.75 Å². The number of esters is 1. The van der Waals surface area contributed by atoms with E-state index in [0.29, 0.717) is 5.75 Å². The molecule has 0 N–H and O–H groups in total. The summed E-state index contributed by atoms with van der Waals surface area (Å²) in [5.74, 6) is 0.195. The highest BCUT2D eigenvalue weighted by atomic mass is 32.2. The lowest BCUT2D eigenvalue weighted by Gasteiger charge is -2.20. The first-order chi connectivity index (χ1) is 9.86. The molecule has 0 aliphatic heterocycles. The molecule has 1 rings (SSSR count). The maximum absolute atomic E-state index is 12.5. The lowest BCUT2D eigenvalue weighted by Crippen LogP contribution is -2.33. The van der Waals surface area contributed by atoms with E-state index in [9.17, 15) is 13.2 Å². The monoisotopic (exact) mass is 315 g/mol. The summed E-state index contributed by atoms with van der Waals surface area (Å²) in [6.45, 7) is 3.88. The molecule has 21 heavy (non-hydrogen) atoms. The molecule has 0 atom stereocenters. The Kier molecular flexibility index (Phi) is 6.17. The van der Waals surface area contributed by atoms with Gasteiger partial charge in [0.1, 0.15) is 5.75 Å². The number of rotatable bonds is 7. The molecule has 0 saturated heterocycles. The number of sulfonamides is 1. The Morgan fingerprint density at radius 3 is 2.43 bits per heavy atom. The molecule has 0 aromatic heterocycles. The molecule has 0 aliphatic rings. The summed E-state index contributed by atoms with van der Waals surface area (Å²) in [5.41, 5.74) is 0.739. The van der Waals surface area contributed by atoms with Crippen molar-refractivity contribution in [1.82, 2.24) is 4.31 Å². The third kappa shape index (κ3) is 4.18. The summed E-state index contributed by atoms with van der Waals surface area (Å²) in [7, 11) is -0.822. The maximum atomic E-state index is 12.5. The third-order valence-corrected chi connectivity index (χ3v) is 5.12. The lowest BCUT2D eigenvalue weighted by molar-refractivity contribution is -0.140. The van der Waals surface area contributed by atoms with Crippen LogP contribution in [-0.4, -0.2) is 46.0 Å². The van der Waals surface area contributed by atoms with Crippen molar-refractivity contribution in [2.75, 3.05) is 27.3 Å². The molecule has 0 spiro atoms. The van der Waals surface area contributed by atoms with Crippen LogP contribution in [0.4, 0.5) is 0 Å². The van der Waals surface area contributed by atoms with Gasteiger partial charge in [-0.1, -0.05) is 6.92 Å². The number of hydrogen-bond donors (Lipinski definition) is 0. The first kappa shape index (κ1) is 17.5. The van der Waals surface area contributed by atoms with Crippen LogP contribution in [0.1, 0.15) is 18.9 Å². The number of carbonyl (C=O) groups is 1. The van der Waals surface area contributed by atoms with Crippen molar-refractivity contribution >= 4 is 16.0 Å². The predicted molar refractivity (Wildman–Crippen MR) is 78.8 cm³/mol. The quantitative estimate of drug-likeness (QED) is 0.714. The van der Waals surface area contributed by atoms with E-state index in [0.717, 1.165) is 5.56 Å². The number of benzene rings is 1. The average Bonchev–Trinajstić information content (AvgIpc) is 2.47. The number of hydrogen-bond acceptors (Lipinski definition) is 5. The van der Waals surface area contributed by atoms with Crippen LogP contribution in [0.3, 0.4) is 0 Å². The maximum Gasteiger partial charge on any atom is 0.306 e. The second-order valence-corrected chi connectivity index (χ2v) is 6.39. The molecule has 0 bridgehead atoms. The van der Waals surface area contributed by atoms with Crippen molar-refractivity contribution in [1.29, 1.82) is 0 Å². The molecule has 1 aromatic carbocycles. The average molecular weight is 315 g/mol. The second kappa shape index (κ2) is 7.42. The number of aryl methyl sites for hydroxylation is 1. The highest BCUT2D eigenvalue weighted by Crippen LogP contribution is 2.23. The van der Waals surface area contributed by atoms with Crippen LogP contribution in [0, 0.1) is 6.92 Å². The van der Waals surface area contributed by atoms with Gasteiger partial charge in [-0.25, -0.2) is 8.42 Å². The molecule has 6 nitrogen and oxygen atoms in total. The van der Waals surface area contributed by atoms with E-state index in [1.807, 2.05) is 0 Å². The summed E-state index contributed by atoms with van der Waals surface area (Å²) in [5, 5.41) is 0. The molecule has 118 valence electrons. The van der Waals surface area contributed by atoms with Crippen LogP contribution in [0.25, 0.3) is 0 Å². The van der Waals surface area contributed by atoms with Gasteiger partial charge in [0.25, 0.3) is 0 Å². The fraction of sp³-hybridized carbons (Fsp3) is 0.500. The molecule has 0 amide bonds. The molecular weight excluding hydrogens is 294 g/mol. The second-order valence-electron chi connectivity index (χ2n) is 4.45. The van der Waals surface area contributed by atoms with Crippen LogP contribution in [0.5, 0.6) is 5.75 Å². The van der Waals surface area contributed by atoms with Crippen LogP contribution in [0.15, 0.2) is 23.1 Å². The first-order valence-electron chi connectivity index (χ1n) is 6.58. The van der Waals surface area contributed by atoms with Crippen LogP contribution in [0.2, 0.25) is 0 Å². The smallest absolute Gasteiger partial charge is 0.306 e. The van der Waals surface area contributed by atoms with Gasteiger partial charge in [-0.2, -0.15) is 4.31 Å². The van der Waals surface area contributed by atoms with E-state index in [4.69, 9.17) is 4.74 Å². The van der Waals surface area contributed by atoms with Gasteiger partial charge in [-0.3, -0.25) is 4.79 Å². The molecule has 7 heteroatoms. The molecule has 0 heterocycles. The van der Waals surface area contributed by atoms with Crippen LogP contribution >= 0.6 is 0 Å². The Labute approximate surface area is 125 Å². The zero-order valence-corrected chi connectivity index (χ0v) is 13.6. The topological polar surface area (TPSA) is 72.9 Å².